The van der Waals surface area contributed by atoms with E-state index in [4.69, 9.17) is 0 Å². The number of alkyl halides is 1. The molecule has 0 spiro atoms. The first-order valence-electron chi connectivity index (χ1n) is 13.9. The van der Waals surface area contributed by atoms with Crippen molar-refractivity contribution in [1.82, 2.24) is 20.1 Å². The Kier molecular flexibility index (Phi) is 8.24. The van der Waals surface area contributed by atoms with E-state index in [9.17, 15) is 19.5 Å². The van der Waals surface area contributed by atoms with Gasteiger partial charge in [0.1, 0.15) is 18.2 Å². The number of β-amino-alcohol motifs (C(OH)–C–C–N with tert-alkyl or cyclic N) is 1. The minimum atomic E-state index is -1.95. The summed E-state index contributed by atoms with van der Waals surface area (Å²) >= 11 is 1.56. The van der Waals surface area contributed by atoms with E-state index >= 15 is 4.39 Å². The molecule has 2 aliphatic heterocycles. The number of rotatable bonds is 8. The predicted molar refractivity (Wildman–Crippen MR) is 155 cm³/mol. The van der Waals surface area contributed by atoms with E-state index in [0.29, 0.717) is 12.0 Å². The molecule has 216 valence electrons. The molecule has 5 rings (SSSR count). The van der Waals surface area contributed by atoms with Crippen molar-refractivity contribution in [3.05, 3.63) is 76.4 Å². The number of carbonyl (C=O) groups excluding carboxylic acids is 3. The number of benzene rings is 2. The van der Waals surface area contributed by atoms with Crippen molar-refractivity contribution in [3.8, 4) is 10.4 Å². The summed E-state index contributed by atoms with van der Waals surface area (Å²) in [6.07, 6.45) is -2.91. The first kappa shape index (κ1) is 28.9. The molecule has 3 amide bonds. The van der Waals surface area contributed by atoms with Crippen molar-refractivity contribution in [1.29, 1.82) is 0 Å². The van der Waals surface area contributed by atoms with Crippen LogP contribution in [0.5, 0.6) is 0 Å². The normalized spacial score (nSPS) is 21.7. The van der Waals surface area contributed by atoms with Gasteiger partial charge in [-0.25, -0.2) is 9.37 Å². The van der Waals surface area contributed by atoms with Gasteiger partial charge in [0.25, 0.3) is 5.91 Å². The highest BCUT2D eigenvalue weighted by Gasteiger charge is 2.51. The third-order valence-corrected chi connectivity index (χ3v) is 9.03. The molecule has 8 nitrogen and oxygen atoms in total. The minimum Gasteiger partial charge on any atom is -0.388 e. The van der Waals surface area contributed by atoms with Gasteiger partial charge in [-0.3, -0.25) is 14.4 Å². The van der Waals surface area contributed by atoms with E-state index in [1.54, 1.807) is 29.0 Å². The van der Waals surface area contributed by atoms with Gasteiger partial charge in [0, 0.05) is 12.1 Å². The molecule has 5 atom stereocenters. The van der Waals surface area contributed by atoms with E-state index in [0.717, 1.165) is 32.2 Å². The van der Waals surface area contributed by atoms with E-state index in [1.807, 2.05) is 64.1 Å². The zero-order valence-corrected chi connectivity index (χ0v) is 24.4. The summed E-state index contributed by atoms with van der Waals surface area (Å²) in [5.41, 5.74) is 5.96. The van der Waals surface area contributed by atoms with Gasteiger partial charge >= 0.3 is 0 Å². The van der Waals surface area contributed by atoms with Crippen LogP contribution in [0.15, 0.2) is 54.0 Å². The third kappa shape index (κ3) is 5.38. The van der Waals surface area contributed by atoms with Crippen LogP contribution in [0.1, 0.15) is 60.4 Å². The Morgan fingerprint density at radius 3 is 2.49 bits per heavy atom. The molecule has 3 heterocycles. The molecule has 0 saturated carbocycles. The lowest BCUT2D eigenvalue weighted by Crippen LogP contribution is -2.57. The first-order valence-corrected chi connectivity index (χ1v) is 14.8. The highest BCUT2D eigenvalue weighted by atomic mass is 32.1. The lowest BCUT2D eigenvalue weighted by molar-refractivity contribution is -0.144. The van der Waals surface area contributed by atoms with Crippen LogP contribution in [0.4, 0.5) is 4.39 Å². The second-order valence-corrected chi connectivity index (χ2v) is 11.9. The maximum atomic E-state index is 15.4. The van der Waals surface area contributed by atoms with Crippen molar-refractivity contribution in [3.63, 3.8) is 0 Å². The zero-order chi connectivity index (χ0) is 29.4. The van der Waals surface area contributed by atoms with Gasteiger partial charge in [0.15, 0.2) is 6.17 Å². The van der Waals surface area contributed by atoms with Gasteiger partial charge in [-0.15, -0.1) is 11.3 Å². The summed E-state index contributed by atoms with van der Waals surface area (Å²) < 4.78 is 15.4. The molecule has 2 N–H and O–H groups in total. The molecule has 10 heteroatoms. The van der Waals surface area contributed by atoms with Crippen LogP contribution in [0.25, 0.3) is 10.4 Å². The molecule has 3 aromatic rings. The predicted octanol–water partition coefficient (Wildman–Crippen LogP) is 4.28. The molecule has 1 saturated heterocycles. The number of amides is 3. The summed E-state index contributed by atoms with van der Waals surface area (Å²) in [7, 11) is 0. The average Bonchev–Trinajstić information content (AvgIpc) is 3.62. The number of hydrogen-bond donors (Lipinski definition) is 2. The number of aromatic nitrogens is 1. The van der Waals surface area contributed by atoms with Crippen molar-refractivity contribution in [2.45, 2.75) is 71.1 Å². The Morgan fingerprint density at radius 1 is 1.17 bits per heavy atom. The fourth-order valence-electron chi connectivity index (χ4n) is 5.89. The van der Waals surface area contributed by atoms with Crippen LogP contribution in [0.2, 0.25) is 0 Å². The Hall–Kier alpha value is -3.63. The van der Waals surface area contributed by atoms with Gasteiger partial charge in [-0.05, 0) is 42.0 Å². The van der Waals surface area contributed by atoms with Crippen molar-refractivity contribution in [2.75, 3.05) is 6.54 Å². The van der Waals surface area contributed by atoms with Gasteiger partial charge in [0.2, 0.25) is 11.8 Å². The first-order chi connectivity index (χ1) is 19.6. The number of thiazole rings is 1. The number of hydrogen-bond acceptors (Lipinski definition) is 6. The smallest absolute Gasteiger partial charge is 0.255 e. The number of aliphatic hydroxyl groups is 1. The second kappa shape index (κ2) is 11.7. The lowest BCUT2D eigenvalue weighted by atomic mass is 9.99. The summed E-state index contributed by atoms with van der Waals surface area (Å²) in [4.78, 5) is 48.7. The quantitative estimate of drug-likeness (QED) is 0.416. The summed E-state index contributed by atoms with van der Waals surface area (Å²) in [5.74, 6) is -1.79. The van der Waals surface area contributed by atoms with E-state index in [1.165, 1.54) is 4.90 Å². The molecule has 0 bridgehead atoms. The third-order valence-electron chi connectivity index (χ3n) is 8.06. The van der Waals surface area contributed by atoms with Gasteiger partial charge in [-0.2, -0.15) is 0 Å². The highest BCUT2D eigenvalue weighted by molar-refractivity contribution is 7.13. The number of aryl methyl sites for hydroxylation is 1. The number of halogens is 1. The molecule has 1 fully saturated rings. The number of fused-ring (bicyclic) bond motifs is 1. The molecule has 0 radical (unpaired) electrons. The van der Waals surface area contributed by atoms with E-state index < -0.39 is 42.2 Å². The average molecular weight is 579 g/mol. The van der Waals surface area contributed by atoms with Crippen LogP contribution in [-0.4, -0.2) is 68.5 Å². The van der Waals surface area contributed by atoms with Crippen molar-refractivity contribution < 1.29 is 23.9 Å². The number of aliphatic hydroxyl groups excluding tert-OH is 1. The van der Waals surface area contributed by atoms with E-state index in [2.05, 4.69) is 10.3 Å². The van der Waals surface area contributed by atoms with Gasteiger partial charge < -0.3 is 20.2 Å². The van der Waals surface area contributed by atoms with Crippen LogP contribution in [0.3, 0.4) is 0 Å². The van der Waals surface area contributed by atoms with Gasteiger partial charge in [0.05, 0.1) is 28.7 Å². The fraction of sp³-hybridized carbons (Fsp3) is 0.419. The molecule has 0 aliphatic carbocycles. The summed E-state index contributed by atoms with van der Waals surface area (Å²) in [6.45, 7) is 7.43. The van der Waals surface area contributed by atoms with Crippen LogP contribution >= 0.6 is 11.3 Å². The van der Waals surface area contributed by atoms with Crippen LogP contribution in [-0.2, 0) is 16.1 Å². The summed E-state index contributed by atoms with van der Waals surface area (Å²) in [5, 5.41) is 13.3. The van der Waals surface area contributed by atoms with Gasteiger partial charge in [-0.1, -0.05) is 63.2 Å². The molecule has 2 aromatic carbocycles. The topological polar surface area (TPSA) is 103 Å². The standard InChI is InChI=1S/C31H35FN4O4S/c1-5-23(19-10-12-20(13-11-19)28-18(4)33-16-41-28)34-29(38)27-25(32)24(37)15-36(27)31(40)26(17(2)3)35-14-21-8-6-7-9-22(21)30(35)39/h6-13,16-17,23-27,37H,5,14-15H2,1-4H3,(H,34,38)/t23?,24-,25-,26-,27-/m0/s1. The SMILES string of the molecule is CCC(NC(=O)[C@@H]1[C@@H](F)[C@@H](O)CN1C(=O)[C@H](C(C)C)N1Cc2ccccc2C1=O)c1ccc(-c2scnc2C)cc1. The van der Waals surface area contributed by atoms with Crippen LogP contribution in [0, 0.1) is 12.8 Å². The second-order valence-electron chi connectivity index (χ2n) is 11.1. The molecule has 41 heavy (non-hydrogen) atoms. The number of likely N-dealkylation sites (tertiary alicyclic amines) is 1. The maximum Gasteiger partial charge on any atom is 0.255 e. The van der Waals surface area contributed by atoms with Crippen molar-refractivity contribution in [2.24, 2.45) is 5.92 Å². The zero-order valence-electron chi connectivity index (χ0n) is 23.6. The minimum absolute atomic E-state index is 0.255. The van der Waals surface area contributed by atoms with Crippen LogP contribution < -0.4 is 5.32 Å². The Labute approximate surface area is 243 Å². The van der Waals surface area contributed by atoms with E-state index in [-0.39, 0.29) is 24.9 Å². The van der Waals surface area contributed by atoms with Crippen molar-refractivity contribution >= 4 is 29.1 Å². The number of nitrogens with one attached hydrogen (secondary N) is 1. The lowest BCUT2D eigenvalue weighted by Gasteiger charge is -2.35. The molecule has 1 aromatic heterocycles. The maximum absolute atomic E-state index is 15.4. The molecular formula is C31H35FN4O4S. The Balaban J connectivity index is 1.35. The monoisotopic (exact) mass is 578 g/mol. The summed E-state index contributed by atoms with van der Waals surface area (Å²) in [6, 6.07) is 12.1. The largest absolute Gasteiger partial charge is 0.388 e. The Bertz CT molecular complexity index is 1440. The fourth-order valence-corrected chi connectivity index (χ4v) is 6.70. The number of carbonyl (C=O) groups is 3. The Morgan fingerprint density at radius 2 is 1.88 bits per heavy atom. The molecular weight excluding hydrogens is 543 g/mol. The molecule has 1 unspecified atom stereocenters. The molecule has 2 aliphatic rings. The number of nitrogens with zero attached hydrogens (tertiary/aromatic N) is 3. The highest BCUT2D eigenvalue weighted by Crippen LogP contribution is 2.32.